The molecule has 4 heteroatoms. The number of fused-ring (bicyclic) bond motifs is 2. The molecule has 0 spiro atoms. The van der Waals surface area contributed by atoms with Crippen molar-refractivity contribution >= 4 is 5.91 Å². The van der Waals surface area contributed by atoms with Gasteiger partial charge in [0.05, 0.1) is 0 Å². The Labute approximate surface area is 138 Å². The van der Waals surface area contributed by atoms with Crippen molar-refractivity contribution in [2.45, 2.75) is 31.7 Å². The molecule has 2 unspecified atom stereocenters. The van der Waals surface area contributed by atoms with E-state index in [1.54, 1.807) is 0 Å². The number of carbonyl (C=O) groups excluding carboxylic acids is 1. The zero-order valence-electron chi connectivity index (χ0n) is 13.7. The van der Waals surface area contributed by atoms with Gasteiger partial charge in [-0.1, -0.05) is 12.1 Å². The highest BCUT2D eigenvalue weighted by molar-refractivity contribution is 5.94. The number of nitrogens with one attached hydrogen (secondary N) is 1. The Balaban J connectivity index is 1.46. The maximum Gasteiger partial charge on any atom is 0.253 e. The second-order valence-corrected chi connectivity index (χ2v) is 7.65. The van der Waals surface area contributed by atoms with Crippen LogP contribution in [-0.2, 0) is 6.42 Å². The van der Waals surface area contributed by atoms with Gasteiger partial charge in [-0.2, -0.15) is 0 Å². The molecule has 1 saturated carbocycles. The minimum absolute atomic E-state index is 0.195. The molecule has 0 aromatic heterocycles. The number of rotatable bonds is 3. The van der Waals surface area contributed by atoms with Gasteiger partial charge in [-0.05, 0) is 74.2 Å². The van der Waals surface area contributed by atoms with Gasteiger partial charge in [0.25, 0.3) is 5.91 Å². The molecular weight excluding hydrogens is 286 g/mol. The molecule has 3 fully saturated rings. The molecule has 1 aliphatic carbocycles. The average Bonchev–Trinajstić information content (AvgIpc) is 3.12. The minimum atomic E-state index is 0.195. The van der Waals surface area contributed by atoms with E-state index in [9.17, 15) is 4.79 Å². The van der Waals surface area contributed by atoms with Crippen LogP contribution in [0.3, 0.4) is 0 Å². The van der Waals surface area contributed by atoms with E-state index in [0.717, 1.165) is 38.2 Å². The van der Waals surface area contributed by atoms with Gasteiger partial charge in [0.1, 0.15) is 0 Å². The summed E-state index contributed by atoms with van der Waals surface area (Å²) in [5.41, 5.74) is 8.40. The minimum Gasteiger partial charge on any atom is -0.338 e. The van der Waals surface area contributed by atoms with Crippen LogP contribution in [0.25, 0.3) is 0 Å². The number of nitrogens with two attached hydrogens (primary N) is 1. The summed E-state index contributed by atoms with van der Waals surface area (Å²) in [5.74, 6) is 1.92. The predicted molar refractivity (Wildman–Crippen MR) is 91.2 cm³/mol. The fraction of sp³-hybridized carbons (Fsp3) is 0.632. The lowest BCUT2D eigenvalue weighted by Gasteiger charge is -2.36. The van der Waals surface area contributed by atoms with Crippen molar-refractivity contribution in [2.24, 2.45) is 23.5 Å². The first-order chi connectivity index (χ1) is 11.2. The van der Waals surface area contributed by atoms with E-state index >= 15 is 0 Å². The lowest BCUT2D eigenvalue weighted by atomic mass is 9.92. The molecule has 1 amide bonds. The van der Waals surface area contributed by atoms with Crippen LogP contribution < -0.4 is 11.1 Å². The van der Waals surface area contributed by atoms with Crippen LogP contribution in [0.1, 0.15) is 35.2 Å². The molecule has 124 valence electrons. The van der Waals surface area contributed by atoms with E-state index in [-0.39, 0.29) is 5.91 Å². The average molecular weight is 313 g/mol. The van der Waals surface area contributed by atoms with Gasteiger partial charge in [-0.15, -0.1) is 0 Å². The third-order valence-corrected chi connectivity index (χ3v) is 6.05. The second-order valence-electron chi connectivity index (χ2n) is 7.65. The van der Waals surface area contributed by atoms with Crippen LogP contribution in [0, 0.1) is 17.8 Å². The molecule has 4 rings (SSSR count). The molecule has 3 N–H and O–H groups in total. The van der Waals surface area contributed by atoms with Gasteiger partial charge < -0.3 is 16.0 Å². The Morgan fingerprint density at radius 3 is 2.70 bits per heavy atom. The molecule has 2 saturated heterocycles. The molecule has 4 nitrogen and oxygen atoms in total. The summed E-state index contributed by atoms with van der Waals surface area (Å²) in [7, 11) is 0. The molecule has 3 aliphatic rings. The standard InChI is InChI=1S/C19H27N3O/c20-18-16-4-5-17(18)12-22(11-16)19(23)15-3-1-2-13(9-15)8-14-6-7-21-10-14/h1-3,9,14,16-18,21H,4-8,10-12,20H2/t14?,16-,17+,18?. The highest BCUT2D eigenvalue weighted by atomic mass is 16.2. The fourth-order valence-electron chi connectivity index (χ4n) is 4.67. The van der Waals surface area contributed by atoms with Crippen molar-refractivity contribution in [1.29, 1.82) is 0 Å². The smallest absolute Gasteiger partial charge is 0.253 e. The summed E-state index contributed by atoms with van der Waals surface area (Å²) < 4.78 is 0. The van der Waals surface area contributed by atoms with E-state index in [4.69, 9.17) is 5.73 Å². The van der Waals surface area contributed by atoms with Crippen LogP contribution in [0.4, 0.5) is 0 Å². The van der Waals surface area contributed by atoms with Gasteiger partial charge in [0.15, 0.2) is 0 Å². The topological polar surface area (TPSA) is 58.4 Å². The van der Waals surface area contributed by atoms with Crippen LogP contribution in [0.2, 0.25) is 0 Å². The maximum atomic E-state index is 12.9. The van der Waals surface area contributed by atoms with Gasteiger partial charge in [-0.3, -0.25) is 4.79 Å². The second kappa shape index (κ2) is 6.25. The van der Waals surface area contributed by atoms with Crippen molar-refractivity contribution in [3.63, 3.8) is 0 Å². The van der Waals surface area contributed by atoms with Crippen molar-refractivity contribution in [1.82, 2.24) is 10.2 Å². The summed E-state index contributed by atoms with van der Waals surface area (Å²) in [5, 5.41) is 3.42. The molecule has 2 aliphatic heterocycles. The summed E-state index contributed by atoms with van der Waals surface area (Å²) in [6.07, 6.45) is 4.68. The number of likely N-dealkylation sites (tertiary alicyclic amines) is 1. The molecular formula is C19H27N3O. The van der Waals surface area contributed by atoms with Crippen LogP contribution in [0.5, 0.6) is 0 Å². The lowest BCUT2D eigenvalue weighted by Crippen LogP contribution is -2.50. The van der Waals surface area contributed by atoms with Gasteiger partial charge in [-0.25, -0.2) is 0 Å². The third-order valence-electron chi connectivity index (χ3n) is 6.05. The fourth-order valence-corrected chi connectivity index (χ4v) is 4.67. The summed E-state index contributed by atoms with van der Waals surface area (Å²) in [6.45, 7) is 3.91. The molecule has 4 atom stereocenters. The summed E-state index contributed by atoms with van der Waals surface area (Å²) in [4.78, 5) is 14.9. The maximum absolute atomic E-state index is 12.9. The summed E-state index contributed by atoms with van der Waals surface area (Å²) >= 11 is 0. The number of hydrogen-bond donors (Lipinski definition) is 2. The predicted octanol–water partition coefficient (Wildman–Crippen LogP) is 1.65. The first-order valence-electron chi connectivity index (χ1n) is 9.05. The zero-order valence-corrected chi connectivity index (χ0v) is 13.7. The quantitative estimate of drug-likeness (QED) is 0.892. The summed E-state index contributed by atoms with van der Waals surface area (Å²) in [6, 6.07) is 8.58. The van der Waals surface area contributed by atoms with Crippen LogP contribution in [0.15, 0.2) is 24.3 Å². The van der Waals surface area contributed by atoms with Gasteiger partial charge in [0, 0.05) is 24.7 Å². The lowest BCUT2D eigenvalue weighted by molar-refractivity contribution is 0.0637. The number of benzene rings is 1. The van der Waals surface area contributed by atoms with Crippen LogP contribution >= 0.6 is 0 Å². The van der Waals surface area contributed by atoms with Crippen molar-refractivity contribution in [3.8, 4) is 0 Å². The largest absolute Gasteiger partial charge is 0.338 e. The number of carbonyl (C=O) groups is 1. The SMILES string of the molecule is NC1[C@@H]2CC[C@H]1CN(C(=O)c1cccc(CC3CCNC3)c1)C2. The van der Waals surface area contributed by atoms with E-state index in [1.807, 2.05) is 17.0 Å². The van der Waals surface area contributed by atoms with Crippen LogP contribution in [-0.4, -0.2) is 43.0 Å². The number of amides is 1. The molecule has 1 aromatic carbocycles. The zero-order chi connectivity index (χ0) is 15.8. The molecule has 23 heavy (non-hydrogen) atoms. The van der Waals surface area contributed by atoms with Crippen molar-refractivity contribution in [2.75, 3.05) is 26.2 Å². The molecule has 0 radical (unpaired) electrons. The number of nitrogens with zero attached hydrogens (tertiary/aromatic N) is 1. The van der Waals surface area contributed by atoms with Gasteiger partial charge >= 0.3 is 0 Å². The first kappa shape index (κ1) is 15.2. The number of piperidine rings is 1. The normalized spacial score (nSPS) is 33.2. The Kier molecular flexibility index (Phi) is 4.12. The van der Waals surface area contributed by atoms with E-state index in [0.29, 0.717) is 23.8 Å². The Morgan fingerprint density at radius 2 is 2.00 bits per heavy atom. The highest BCUT2D eigenvalue weighted by Crippen LogP contribution is 2.36. The monoisotopic (exact) mass is 313 g/mol. The highest BCUT2D eigenvalue weighted by Gasteiger charge is 2.41. The molecule has 2 bridgehead atoms. The van der Waals surface area contributed by atoms with E-state index in [2.05, 4.69) is 17.4 Å². The van der Waals surface area contributed by atoms with Crippen molar-refractivity contribution in [3.05, 3.63) is 35.4 Å². The Hall–Kier alpha value is -1.39. The third kappa shape index (κ3) is 3.02. The first-order valence-corrected chi connectivity index (χ1v) is 9.05. The van der Waals surface area contributed by atoms with E-state index in [1.165, 1.54) is 24.8 Å². The Morgan fingerprint density at radius 1 is 1.22 bits per heavy atom. The van der Waals surface area contributed by atoms with Crippen molar-refractivity contribution < 1.29 is 4.79 Å². The van der Waals surface area contributed by atoms with Gasteiger partial charge in [0.2, 0.25) is 0 Å². The molecule has 1 aromatic rings. The number of hydrogen-bond acceptors (Lipinski definition) is 3. The Bertz CT molecular complexity index is 568. The van der Waals surface area contributed by atoms with E-state index < -0.39 is 0 Å². The molecule has 2 heterocycles.